The molecule has 0 amide bonds. The van der Waals surface area contributed by atoms with E-state index in [-0.39, 0.29) is 0 Å². The van der Waals surface area contributed by atoms with Crippen molar-refractivity contribution in [3.63, 3.8) is 0 Å². The van der Waals surface area contributed by atoms with Gasteiger partial charge in [0.15, 0.2) is 5.13 Å². The molecule has 20 heavy (non-hydrogen) atoms. The van der Waals surface area contributed by atoms with Crippen LogP contribution >= 0.6 is 11.3 Å². The number of hydrogen-bond acceptors (Lipinski definition) is 5. The van der Waals surface area contributed by atoms with Crippen molar-refractivity contribution in [2.75, 3.05) is 38.1 Å². The van der Waals surface area contributed by atoms with Crippen LogP contribution in [0.25, 0.3) is 0 Å². The van der Waals surface area contributed by atoms with E-state index in [1.54, 1.807) is 0 Å². The zero-order valence-electron chi connectivity index (χ0n) is 12.9. The normalized spacial score (nSPS) is 24.4. The molecule has 1 aliphatic heterocycles. The fraction of sp³-hybridized carbons (Fsp3) is 0.800. The maximum absolute atomic E-state index is 5.01. The molecule has 0 spiro atoms. The lowest BCUT2D eigenvalue weighted by atomic mass is 10.2. The summed E-state index contributed by atoms with van der Waals surface area (Å²) in [6.07, 6.45) is 2.67. The smallest absolute Gasteiger partial charge is 0.186 e. The van der Waals surface area contributed by atoms with Gasteiger partial charge in [-0.15, -0.1) is 11.3 Å². The molecule has 5 heteroatoms. The molecule has 0 bridgehead atoms. The first-order valence-corrected chi connectivity index (χ1v) is 8.66. The summed E-state index contributed by atoms with van der Waals surface area (Å²) >= 11 is 1.91. The van der Waals surface area contributed by atoms with Gasteiger partial charge in [0.05, 0.1) is 5.69 Å². The SMILES string of the molecule is CCNCc1sc(N2CCN(C)CC2C)nc1C1CC1. The Morgan fingerprint density at radius 3 is 2.80 bits per heavy atom. The molecule has 1 unspecified atom stereocenters. The number of aromatic nitrogens is 1. The molecule has 1 saturated carbocycles. The van der Waals surface area contributed by atoms with Gasteiger partial charge in [-0.3, -0.25) is 0 Å². The third-order valence-corrected chi connectivity index (χ3v) is 5.40. The van der Waals surface area contributed by atoms with Crippen LogP contribution < -0.4 is 10.2 Å². The molecule has 1 aromatic heterocycles. The molecule has 2 fully saturated rings. The molecule has 3 rings (SSSR count). The van der Waals surface area contributed by atoms with Crippen molar-refractivity contribution in [3.8, 4) is 0 Å². The minimum Gasteiger partial charge on any atom is -0.343 e. The summed E-state index contributed by atoms with van der Waals surface area (Å²) in [4.78, 5) is 11.4. The number of nitrogens with zero attached hydrogens (tertiary/aromatic N) is 3. The lowest BCUT2D eigenvalue weighted by Crippen LogP contribution is -2.50. The van der Waals surface area contributed by atoms with Crippen molar-refractivity contribution >= 4 is 16.5 Å². The van der Waals surface area contributed by atoms with E-state index in [9.17, 15) is 0 Å². The maximum Gasteiger partial charge on any atom is 0.186 e. The van der Waals surface area contributed by atoms with Crippen LogP contribution in [0.5, 0.6) is 0 Å². The Morgan fingerprint density at radius 1 is 1.35 bits per heavy atom. The molecule has 112 valence electrons. The van der Waals surface area contributed by atoms with E-state index in [1.807, 2.05) is 11.3 Å². The highest BCUT2D eigenvalue weighted by Crippen LogP contribution is 2.44. The lowest BCUT2D eigenvalue weighted by molar-refractivity contribution is 0.275. The third kappa shape index (κ3) is 3.00. The second-order valence-electron chi connectivity index (χ2n) is 6.16. The quantitative estimate of drug-likeness (QED) is 0.903. The van der Waals surface area contributed by atoms with E-state index in [0.717, 1.165) is 38.6 Å². The first-order chi connectivity index (χ1) is 9.69. The van der Waals surface area contributed by atoms with Crippen molar-refractivity contribution in [2.45, 2.75) is 45.2 Å². The number of likely N-dealkylation sites (N-methyl/N-ethyl adjacent to an activating group) is 1. The molecule has 2 aliphatic rings. The summed E-state index contributed by atoms with van der Waals surface area (Å²) in [6, 6.07) is 0.568. The third-order valence-electron chi connectivity index (χ3n) is 4.29. The Hall–Kier alpha value is -0.650. The molecule has 1 N–H and O–H groups in total. The summed E-state index contributed by atoms with van der Waals surface area (Å²) in [5.41, 5.74) is 1.39. The molecule has 1 atom stereocenters. The van der Waals surface area contributed by atoms with Gasteiger partial charge in [-0.05, 0) is 33.4 Å². The van der Waals surface area contributed by atoms with Gasteiger partial charge in [0.1, 0.15) is 0 Å². The first-order valence-electron chi connectivity index (χ1n) is 7.84. The van der Waals surface area contributed by atoms with Gasteiger partial charge in [-0.2, -0.15) is 0 Å². The monoisotopic (exact) mass is 294 g/mol. The van der Waals surface area contributed by atoms with Gasteiger partial charge in [0.2, 0.25) is 0 Å². The van der Waals surface area contributed by atoms with E-state index >= 15 is 0 Å². The highest BCUT2D eigenvalue weighted by atomic mass is 32.1. The number of thiazole rings is 1. The number of piperazine rings is 1. The van der Waals surface area contributed by atoms with E-state index in [0.29, 0.717) is 6.04 Å². The lowest BCUT2D eigenvalue weighted by Gasteiger charge is -2.38. The van der Waals surface area contributed by atoms with Crippen molar-refractivity contribution in [2.24, 2.45) is 0 Å². The molecule has 4 nitrogen and oxygen atoms in total. The van der Waals surface area contributed by atoms with Crippen LogP contribution in [0.3, 0.4) is 0 Å². The highest BCUT2D eigenvalue weighted by molar-refractivity contribution is 7.15. The van der Waals surface area contributed by atoms with Crippen molar-refractivity contribution in [1.29, 1.82) is 0 Å². The first kappa shape index (κ1) is 14.3. The zero-order valence-corrected chi connectivity index (χ0v) is 13.7. The van der Waals surface area contributed by atoms with Crippen molar-refractivity contribution in [3.05, 3.63) is 10.6 Å². The number of nitrogens with one attached hydrogen (secondary N) is 1. The summed E-state index contributed by atoms with van der Waals surface area (Å²) < 4.78 is 0. The Balaban J connectivity index is 1.78. The Bertz CT molecular complexity index is 455. The fourth-order valence-corrected chi connectivity index (χ4v) is 4.18. The standard InChI is InChI=1S/C15H26N4S/c1-4-16-9-13-14(12-5-6-12)17-15(20-13)19-8-7-18(3)10-11(19)2/h11-12,16H,4-10H2,1-3H3. The van der Waals surface area contributed by atoms with Crippen LogP contribution in [0.2, 0.25) is 0 Å². The van der Waals surface area contributed by atoms with E-state index in [4.69, 9.17) is 4.98 Å². The van der Waals surface area contributed by atoms with Gasteiger partial charge in [-0.1, -0.05) is 6.92 Å². The summed E-state index contributed by atoms with van der Waals surface area (Å²) in [6.45, 7) is 9.89. The summed E-state index contributed by atoms with van der Waals surface area (Å²) in [5, 5.41) is 4.72. The second kappa shape index (κ2) is 6.00. The van der Waals surface area contributed by atoms with Crippen LogP contribution in [0, 0.1) is 0 Å². The largest absolute Gasteiger partial charge is 0.343 e. The molecular formula is C15H26N4S. The second-order valence-corrected chi connectivity index (χ2v) is 7.23. The van der Waals surface area contributed by atoms with Crippen LogP contribution in [-0.4, -0.2) is 49.2 Å². The van der Waals surface area contributed by atoms with E-state index in [2.05, 4.69) is 36.0 Å². The van der Waals surface area contributed by atoms with Crippen LogP contribution in [-0.2, 0) is 6.54 Å². The molecular weight excluding hydrogens is 268 g/mol. The Labute approximate surface area is 126 Å². The van der Waals surface area contributed by atoms with Crippen molar-refractivity contribution < 1.29 is 0 Å². The van der Waals surface area contributed by atoms with Crippen LogP contribution in [0.15, 0.2) is 0 Å². The fourth-order valence-electron chi connectivity index (χ4n) is 2.94. The van der Waals surface area contributed by atoms with E-state index < -0.39 is 0 Å². The van der Waals surface area contributed by atoms with E-state index in [1.165, 1.54) is 28.5 Å². The topological polar surface area (TPSA) is 31.4 Å². The number of hydrogen-bond donors (Lipinski definition) is 1. The molecule has 1 aliphatic carbocycles. The van der Waals surface area contributed by atoms with Crippen LogP contribution in [0.1, 0.15) is 43.2 Å². The molecule has 1 aromatic rings. The Kier molecular flexibility index (Phi) is 4.29. The minimum absolute atomic E-state index is 0.568. The highest BCUT2D eigenvalue weighted by Gasteiger charge is 2.32. The zero-order chi connectivity index (χ0) is 14.1. The van der Waals surface area contributed by atoms with Crippen LogP contribution in [0.4, 0.5) is 5.13 Å². The maximum atomic E-state index is 5.01. The predicted octanol–water partition coefficient (Wildman–Crippen LogP) is 2.27. The summed E-state index contributed by atoms with van der Waals surface area (Å²) in [5.74, 6) is 0.747. The Morgan fingerprint density at radius 2 is 2.15 bits per heavy atom. The van der Waals surface area contributed by atoms with Gasteiger partial charge >= 0.3 is 0 Å². The molecule has 2 heterocycles. The predicted molar refractivity (Wildman–Crippen MR) is 85.8 cm³/mol. The van der Waals surface area contributed by atoms with Gasteiger partial charge in [0, 0.05) is 43.0 Å². The van der Waals surface area contributed by atoms with Gasteiger partial charge < -0.3 is 15.1 Å². The average Bonchev–Trinajstić information content (AvgIpc) is 3.18. The van der Waals surface area contributed by atoms with Gasteiger partial charge in [-0.25, -0.2) is 4.98 Å². The molecule has 1 saturated heterocycles. The molecule has 0 radical (unpaired) electrons. The summed E-state index contributed by atoms with van der Waals surface area (Å²) in [7, 11) is 2.21. The average molecular weight is 294 g/mol. The number of rotatable bonds is 5. The molecule has 0 aromatic carbocycles. The van der Waals surface area contributed by atoms with Crippen molar-refractivity contribution in [1.82, 2.24) is 15.2 Å². The number of anilines is 1. The van der Waals surface area contributed by atoms with Gasteiger partial charge in [0.25, 0.3) is 0 Å². The minimum atomic E-state index is 0.568.